The Morgan fingerprint density at radius 1 is 1.25 bits per heavy atom. The summed E-state index contributed by atoms with van der Waals surface area (Å²) in [5, 5.41) is 17.3. The Morgan fingerprint density at radius 2 is 1.81 bits per heavy atom. The lowest BCUT2D eigenvalue weighted by Gasteiger charge is -2.22. The summed E-state index contributed by atoms with van der Waals surface area (Å²) in [6.45, 7) is 2.73. The molecule has 6 heteroatoms. The van der Waals surface area contributed by atoms with Crippen LogP contribution < -0.4 is 0 Å². The summed E-state index contributed by atoms with van der Waals surface area (Å²) in [5.41, 5.74) is 0. The first-order valence-corrected chi connectivity index (χ1v) is 5.10. The molecule has 0 fully saturated rings. The zero-order valence-corrected chi connectivity index (χ0v) is 9.47. The maximum atomic E-state index is 11.5. The molecular formula is C10H17NO5. The van der Waals surface area contributed by atoms with Gasteiger partial charge in [-0.15, -0.1) is 0 Å². The lowest BCUT2D eigenvalue weighted by molar-refractivity contribution is -0.148. The SMILES string of the molecule is CCCC(=O)N(CC(=O)O)CC(C)C(=O)O. The molecule has 16 heavy (non-hydrogen) atoms. The summed E-state index contributed by atoms with van der Waals surface area (Å²) < 4.78 is 0. The molecule has 2 N–H and O–H groups in total. The van der Waals surface area contributed by atoms with E-state index in [1.54, 1.807) is 6.92 Å². The van der Waals surface area contributed by atoms with Crippen molar-refractivity contribution in [2.75, 3.05) is 13.1 Å². The summed E-state index contributed by atoms with van der Waals surface area (Å²) in [6.07, 6.45) is 0.843. The smallest absolute Gasteiger partial charge is 0.323 e. The minimum atomic E-state index is -1.14. The number of carbonyl (C=O) groups excluding carboxylic acids is 1. The van der Waals surface area contributed by atoms with E-state index in [0.717, 1.165) is 4.90 Å². The summed E-state index contributed by atoms with van der Waals surface area (Å²) in [7, 11) is 0. The van der Waals surface area contributed by atoms with Crippen LogP contribution in [0.2, 0.25) is 0 Å². The summed E-state index contributed by atoms with van der Waals surface area (Å²) in [4.78, 5) is 33.7. The van der Waals surface area contributed by atoms with Crippen molar-refractivity contribution in [2.45, 2.75) is 26.7 Å². The fourth-order valence-corrected chi connectivity index (χ4v) is 1.20. The van der Waals surface area contributed by atoms with Crippen LogP contribution in [0.3, 0.4) is 0 Å². The van der Waals surface area contributed by atoms with E-state index in [1.165, 1.54) is 6.92 Å². The van der Waals surface area contributed by atoms with E-state index >= 15 is 0 Å². The molecule has 0 radical (unpaired) electrons. The van der Waals surface area contributed by atoms with Gasteiger partial charge in [0.15, 0.2) is 0 Å². The van der Waals surface area contributed by atoms with Gasteiger partial charge in [-0.25, -0.2) is 0 Å². The summed E-state index contributed by atoms with van der Waals surface area (Å²) in [6, 6.07) is 0. The topological polar surface area (TPSA) is 94.9 Å². The number of nitrogens with zero attached hydrogens (tertiary/aromatic N) is 1. The van der Waals surface area contributed by atoms with Gasteiger partial charge in [0, 0.05) is 13.0 Å². The molecule has 0 rings (SSSR count). The van der Waals surface area contributed by atoms with Crippen molar-refractivity contribution in [3.63, 3.8) is 0 Å². The molecule has 0 aromatic rings. The summed E-state index contributed by atoms with van der Waals surface area (Å²) >= 11 is 0. The lowest BCUT2D eigenvalue weighted by Crippen LogP contribution is -2.40. The second kappa shape index (κ2) is 6.81. The van der Waals surface area contributed by atoms with Gasteiger partial charge in [0.05, 0.1) is 5.92 Å². The Balaban J connectivity index is 4.47. The van der Waals surface area contributed by atoms with E-state index in [-0.39, 0.29) is 18.9 Å². The number of hydrogen-bond donors (Lipinski definition) is 2. The molecule has 0 saturated carbocycles. The Labute approximate surface area is 93.9 Å². The van der Waals surface area contributed by atoms with Crippen LogP contribution >= 0.6 is 0 Å². The fraction of sp³-hybridized carbons (Fsp3) is 0.700. The molecule has 0 heterocycles. The number of carbonyl (C=O) groups is 3. The fourth-order valence-electron chi connectivity index (χ4n) is 1.20. The zero-order chi connectivity index (χ0) is 12.7. The minimum absolute atomic E-state index is 0.0690. The van der Waals surface area contributed by atoms with Crippen LogP contribution in [0.5, 0.6) is 0 Å². The predicted octanol–water partition coefficient (Wildman–Crippen LogP) is 0.420. The molecule has 92 valence electrons. The predicted molar refractivity (Wildman–Crippen MR) is 55.9 cm³/mol. The highest BCUT2D eigenvalue weighted by molar-refractivity contribution is 5.82. The number of rotatable bonds is 7. The Morgan fingerprint density at radius 3 is 2.19 bits per heavy atom. The highest BCUT2D eigenvalue weighted by Gasteiger charge is 2.21. The molecule has 0 bridgehead atoms. The van der Waals surface area contributed by atoms with Crippen molar-refractivity contribution >= 4 is 17.8 Å². The van der Waals surface area contributed by atoms with Gasteiger partial charge in [0.25, 0.3) is 0 Å². The highest BCUT2D eigenvalue weighted by Crippen LogP contribution is 2.04. The molecule has 0 aromatic heterocycles. The first kappa shape index (κ1) is 14.4. The molecule has 6 nitrogen and oxygen atoms in total. The minimum Gasteiger partial charge on any atom is -0.481 e. The number of hydrogen-bond acceptors (Lipinski definition) is 3. The van der Waals surface area contributed by atoms with Crippen LogP contribution in [0.25, 0.3) is 0 Å². The third-order valence-corrected chi connectivity index (χ3v) is 2.06. The van der Waals surface area contributed by atoms with Gasteiger partial charge in [-0.05, 0) is 6.42 Å². The van der Waals surface area contributed by atoms with Gasteiger partial charge in [0.1, 0.15) is 6.54 Å². The molecule has 0 aliphatic carbocycles. The van der Waals surface area contributed by atoms with E-state index in [2.05, 4.69) is 0 Å². The zero-order valence-electron chi connectivity index (χ0n) is 9.47. The van der Waals surface area contributed by atoms with Gasteiger partial charge < -0.3 is 15.1 Å². The molecule has 0 aliphatic heterocycles. The Bertz CT molecular complexity index is 276. The van der Waals surface area contributed by atoms with E-state index in [0.29, 0.717) is 6.42 Å². The van der Waals surface area contributed by atoms with Crippen LogP contribution in [0.4, 0.5) is 0 Å². The monoisotopic (exact) mass is 231 g/mol. The van der Waals surface area contributed by atoms with E-state index in [9.17, 15) is 14.4 Å². The largest absolute Gasteiger partial charge is 0.481 e. The molecule has 1 unspecified atom stereocenters. The van der Waals surface area contributed by atoms with E-state index in [1.807, 2.05) is 0 Å². The van der Waals surface area contributed by atoms with Gasteiger partial charge in [-0.1, -0.05) is 13.8 Å². The van der Waals surface area contributed by atoms with Crippen LogP contribution in [-0.2, 0) is 14.4 Å². The maximum Gasteiger partial charge on any atom is 0.323 e. The van der Waals surface area contributed by atoms with Crippen LogP contribution in [-0.4, -0.2) is 46.0 Å². The Hall–Kier alpha value is -1.59. The molecule has 0 aliphatic rings. The van der Waals surface area contributed by atoms with Gasteiger partial charge in [-0.3, -0.25) is 14.4 Å². The molecule has 0 spiro atoms. The third kappa shape index (κ3) is 5.33. The molecule has 0 saturated heterocycles. The van der Waals surface area contributed by atoms with Crippen molar-refractivity contribution in [2.24, 2.45) is 5.92 Å². The van der Waals surface area contributed by atoms with Gasteiger partial charge in [-0.2, -0.15) is 0 Å². The normalized spacial score (nSPS) is 11.9. The van der Waals surface area contributed by atoms with E-state index in [4.69, 9.17) is 10.2 Å². The van der Waals surface area contributed by atoms with Gasteiger partial charge >= 0.3 is 11.9 Å². The Kier molecular flexibility index (Phi) is 6.14. The van der Waals surface area contributed by atoms with Crippen molar-refractivity contribution < 1.29 is 24.6 Å². The number of carboxylic acids is 2. The van der Waals surface area contributed by atoms with Crippen LogP contribution in [0, 0.1) is 5.92 Å². The highest BCUT2D eigenvalue weighted by atomic mass is 16.4. The molecular weight excluding hydrogens is 214 g/mol. The number of carboxylic acid groups (broad SMARTS) is 2. The first-order chi connectivity index (χ1) is 7.38. The molecule has 1 atom stereocenters. The van der Waals surface area contributed by atoms with Crippen molar-refractivity contribution in [1.82, 2.24) is 4.90 Å². The first-order valence-electron chi connectivity index (χ1n) is 5.10. The average Bonchev–Trinajstić information content (AvgIpc) is 2.16. The number of aliphatic carboxylic acids is 2. The van der Waals surface area contributed by atoms with Crippen molar-refractivity contribution in [1.29, 1.82) is 0 Å². The average molecular weight is 231 g/mol. The van der Waals surface area contributed by atoms with Crippen molar-refractivity contribution in [3.8, 4) is 0 Å². The van der Waals surface area contributed by atoms with Gasteiger partial charge in [0.2, 0.25) is 5.91 Å². The maximum absolute atomic E-state index is 11.5. The second-order valence-electron chi connectivity index (χ2n) is 3.66. The lowest BCUT2D eigenvalue weighted by atomic mass is 10.1. The second-order valence-corrected chi connectivity index (χ2v) is 3.66. The van der Waals surface area contributed by atoms with E-state index < -0.39 is 24.4 Å². The third-order valence-electron chi connectivity index (χ3n) is 2.06. The molecule has 1 amide bonds. The molecule has 0 aromatic carbocycles. The van der Waals surface area contributed by atoms with Crippen LogP contribution in [0.1, 0.15) is 26.7 Å². The summed E-state index contributed by atoms with van der Waals surface area (Å²) in [5.74, 6) is -3.26. The quantitative estimate of drug-likeness (QED) is 0.662. The van der Waals surface area contributed by atoms with Crippen LogP contribution in [0.15, 0.2) is 0 Å². The van der Waals surface area contributed by atoms with Crippen molar-refractivity contribution in [3.05, 3.63) is 0 Å². The number of amides is 1. The standard InChI is InChI=1S/C10H17NO5/c1-3-4-8(12)11(6-9(13)14)5-7(2)10(15)16/h7H,3-6H2,1-2H3,(H,13,14)(H,15,16).